The van der Waals surface area contributed by atoms with Gasteiger partial charge < -0.3 is 9.45 Å². The second-order valence-electron chi connectivity index (χ2n) is 7.84. The van der Waals surface area contributed by atoms with Crippen LogP contribution in [0.2, 0.25) is 10.0 Å². The molecule has 176 valence electrons. The molecule has 2 N–H and O–H groups in total. The average molecular weight is 517 g/mol. The van der Waals surface area contributed by atoms with Gasteiger partial charge in [0, 0.05) is 46.7 Å². The Morgan fingerprint density at radius 3 is 2.47 bits per heavy atom. The number of benzene rings is 2. The summed E-state index contributed by atoms with van der Waals surface area (Å²) in [5, 5.41) is 1.22. The molecule has 1 atom stereocenters. The van der Waals surface area contributed by atoms with Crippen LogP contribution < -0.4 is 15.2 Å². The Hall–Kier alpha value is -2.60. The molecule has 0 bridgehead atoms. The SMILES string of the molecule is O=S([O-])NNC1CCN(c2ncnc3c2nc(-c2ccccc2Cl)n3-c2ccc(Cl)cc2)CC1. The average Bonchev–Trinajstić information content (AvgIpc) is 3.23. The van der Waals surface area contributed by atoms with E-state index in [2.05, 4.69) is 25.1 Å². The van der Waals surface area contributed by atoms with Crippen molar-refractivity contribution in [3.05, 3.63) is 64.9 Å². The number of hydrogen-bond acceptors (Lipinski definition) is 7. The third-order valence-corrected chi connectivity index (χ3v) is 6.63. The van der Waals surface area contributed by atoms with Crippen LogP contribution in [0.5, 0.6) is 0 Å². The van der Waals surface area contributed by atoms with E-state index in [1.165, 1.54) is 6.33 Å². The fraction of sp³-hybridized carbons (Fsp3) is 0.227. The minimum absolute atomic E-state index is 0.0387. The lowest BCUT2D eigenvalue weighted by molar-refractivity contribution is 0.392. The van der Waals surface area contributed by atoms with Gasteiger partial charge in [-0.1, -0.05) is 35.3 Å². The number of nitrogens with one attached hydrogen (secondary N) is 2. The summed E-state index contributed by atoms with van der Waals surface area (Å²) in [7, 11) is 0. The zero-order chi connectivity index (χ0) is 23.7. The number of nitrogens with zero attached hydrogens (tertiary/aromatic N) is 5. The van der Waals surface area contributed by atoms with Crippen LogP contribution in [0.1, 0.15) is 12.8 Å². The van der Waals surface area contributed by atoms with E-state index in [4.69, 9.17) is 28.2 Å². The number of imidazole rings is 1. The van der Waals surface area contributed by atoms with E-state index in [1.807, 2.05) is 53.1 Å². The van der Waals surface area contributed by atoms with Crippen molar-refractivity contribution in [3.8, 4) is 17.1 Å². The molecule has 1 saturated heterocycles. The smallest absolute Gasteiger partial charge is 0.170 e. The number of hydrogen-bond donors (Lipinski definition) is 2. The fourth-order valence-corrected chi connectivity index (χ4v) is 4.75. The summed E-state index contributed by atoms with van der Waals surface area (Å²) in [5.41, 5.74) is 5.79. The van der Waals surface area contributed by atoms with Crippen LogP contribution in [0.15, 0.2) is 54.9 Å². The molecule has 1 fully saturated rings. The van der Waals surface area contributed by atoms with E-state index in [0.717, 1.165) is 29.9 Å². The molecular formula is C22H20Cl2N7O2S-. The van der Waals surface area contributed by atoms with E-state index in [1.54, 1.807) is 0 Å². The number of fused-ring (bicyclic) bond motifs is 1. The molecule has 4 aromatic rings. The third-order valence-electron chi connectivity index (χ3n) is 5.77. The Balaban J connectivity index is 1.57. The fourth-order valence-electron chi connectivity index (χ4n) is 4.14. The molecule has 5 rings (SSSR count). The van der Waals surface area contributed by atoms with E-state index in [-0.39, 0.29) is 6.04 Å². The Morgan fingerprint density at radius 1 is 1.03 bits per heavy atom. The maximum absolute atomic E-state index is 10.8. The highest BCUT2D eigenvalue weighted by molar-refractivity contribution is 7.76. The van der Waals surface area contributed by atoms with Crippen LogP contribution in [-0.4, -0.2) is 47.4 Å². The van der Waals surface area contributed by atoms with E-state index < -0.39 is 11.3 Å². The number of hydrazine groups is 1. The molecule has 34 heavy (non-hydrogen) atoms. The first-order valence-corrected chi connectivity index (χ1v) is 12.4. The second kappa shape index (κ2) is 9.95. The first-order valence-electron chi connectivity index (χ1n) is 10.6. The van der Waals surface area contributed by atoms with Gasteiger partial charge in [0.05, 0.1) is 5.02 Å². The standard InChI is InChI=1S/C22H21Cl2N7O2S/c23-14-5-7-16(8-6-14)31-20(17-3-1-2-4-18(17)24)27-19-21(25-13-26-22(19)31)30-11-9-15(10-12-30)28-29-34(32)33/h1-8,13,15,28-29H,9-12H2,(H,32,33)/p-1. The van der Waals surface area contributed by atoms with Crippen LogP contribution in [0.3, 0.4) is 0 Å². The predicted molar refractivity (Wildman–Crippen MR) is 133 cm³/mol. The molecule has 3 heterocycles. The lowest BCUT2D eigenvalue weighted by Crippen LogP contribution is -2.48. The maximum atomic E-state index is 10.8. The van der Waals surface area contributed by atoms with E-state index in [9.17, 15) is 8.76 Å². The lowest BCUT2D eigenvalue weighted by Gasteiger charge is -2.33. The molecule has 2 aromatic heterocycles. The van der Waals surface area contributed by atoms with Gasteiger partial charge in [-0.15, -0.1) is 0 Å². The quantitative estimate of drug-likeness (QED) is 0.297. The van der Waals surface area contributed by atoms with Crippen molar-refractivity contribution in [2.45, 2.75) is 18.9 Å². The molecule has 2 aromatic carbocycles. The zero-order valence-electron chi connectivity index (χ0n) is 17.8. The van der Waals surface area contributed by atoms with Gasteiger partial charge in [-0.2, -0.15) is 4.83 Å². The van der Waals surface area contributed by atoms with Crippen LogP contribution in [0.4, 0.5) is 5.82 Å². The third kappa shape index (κ3) is 4.65. The van der Waals surface area contributed by atoms with Crippen molar-refractivity contribution in [1.29, 1.82) is 0 Å². The number of aromatic nitrogens is 4. The number of anilines is 1. The number of rotatable bonds is 6. The van der Waals surface area contributed by atoms with Gasteiger partial charge in [0.25, 0.3) is 0 Å². The Bertz CT molecular complexity index is 1340. The van der Waals surface area contributed by atoms with Gasteiger partial charge in [0.1, 0.15) is 12.2 Å². The summed E-state index contributed by atoms with van der Waals surface area (Å²) in [6.07, 6.45) is 3.02. The molecule has 9 nitrogen and oxygen atoms in total. The first-order chi connectivity index (χ1) is 16.5. The Labute approximate surface area is 208 Å². The van der Waals surface area contributed by atoms with Gasteiger partial charge in [-0.25, -0.2) is 20.4 Å². The van der Waals surface area contributed by atoms with Crippen LogP contribution in [-0.2, 0) is 11.3 Å². The summed E-state index contributed by atoms with van der Waals surface area (Å²) in [4.78, 5) is 18.5. The van der Waals surface area contributed by atoms with Gasteiger partial charge in [0.2, 0.25) is 0 Å². The molecule has 0 amide bonds. The normalized spacial score (nSPS) is 15.7. The molecule has 1 aliphatic heterocycles. The van der Waals surface area contributed by atoms with Gasteiger partial charge in [-0.05, 0) is 49.2 Å². The van der Waals surface area contributed by atoms with Crippen molar-refractivity contribution in [2.24, 2.45) is 0 Å². The zero-order valence-corrected chi connectivity index (χ0v) is 20.1. The summed E-state index contributed by atoms with van der Waals surface area (Å²) in [5.74, 6) is 1.38. The summed E-state index contributed by atoms with van der Waals surface area (Å²) in [6.45, 7) is 1.37. The van der Waals surface area contributed by atoms with Crippen LogP contribution in [0.25, 0.3) is 28.2 Å². The molecular weight excluding hydrogens is 497 g/mol. The van der Waals surface area contributed by atoms with Gasteiger partial charge in [0.15, 0.2) is 17.0 Å². The topological polar surface area (TPSA) is 111 Å². The first kappa shape index (κ1) is 23.2. The van der Waals surface area contributed by atoms with Crippen LogP contribution >= 0.6 is 23.2 Å². The van der Waals surface area contributed by atoms with Crippen molar-refractivity contribution in [1.82, 2.24) is 29.8 Å². The van der Waals surface area contributed by atoms with Gasteiger partial charge in [-0.3, -0.25) is 8.78 Å². The summed E-state index contributed by atoms with van der Waals surface area (Å²) < 4.78 is 23.5. The molecule has 0 spiro atoms. The predicted octanol–water partition coefficient (Wildman–Crippen LogP) is 3.65. The monoisotopic (exact) mass is 516 g/mol. The molecule has 12 heteroatoms. The summed E-state index contributed by atoms with van der Waals surface area (Å²) in [6, 6.07) is 15.1. The highest BCUT2D eigenvalue weighted by atomic mass is 35.5. The largest absolute Gasteiger partial charge is 0.759 e. The maximum Gasteiger partial charge on any atom is 0.170 e. The Kier molecular flexibility index (Phi) is 6.77. The molecule has 1 aliphatic rings. The van der Waals surface area contributed by atoms with E-state index >= 15 is 0 Å². The lowest BCUT2D eigenvalue weighted by atomic mass is 10.1. The van der Waals surface area contributed by atoms with Gasteiger partial charge >= 0.3 is 0 Å². The molecule has 0 saturated carbocycles. The highest BCUT2D eigenvalue weighted by Gasteiger charge is 2.25. The molecule has 0 aliphatic carbocycles. The van der Waals surface area contributed by atoms with Crippen LogP contribution in [0, 0.1) is 0 Å². The second-order valence-corrected chi connectivity index (χ2v) is 9.36. The van der Waals surface area contributed by atoms with Crippen molar-refractivity contribution >= 4 is 51.5 Å². The number of piperidine rings is 1. The molecule has 0 radical (unpaired) electrons. The Morgan fingerprint density at radius 2 is 1.76 bits per heavy atom. The van der Waals surface area contributed by atoms with Crippen molar-refractivity contribution < 1.29 is 8.76 Å². The summed E-state index contributed by atoms with van der Waals surface area (Å²) >= 11 is 10.3. The van der Waals surface area contributed by atoms with E-state index in [0.29, 0.717) is 40.1 Å². The molecule has 1 unspecified atom stereocenters. The van der Waals surface area contributed by atoms with Crippen molar-refractivity contribution in [3.63, 3.8) is 0 Å². The minimum Gasteiger partial charge on any atom is -0.759 e. The number of halogens is 2. The van der Waals surface area contributed by atoms with Crippen molar-refractivity contribution in [2.75, 3.05) is 18.0 Å². The minimum atomic E-state index is -2.35. The highest BCUT2D eigenvalue weighted by Crippen LogP contribution is 2.35.